The van der Waals surface area contributed by atoms with Crippen LogP contribution in [-0.2, 0) is 19.1 Å². The second kappa shape index (κ2) is 4.69. The summed E-state index contributed by atoms with van der Waals surface area (Å²) in [5, 5.41) is 2.15. The van der Waals surface area contributed by atoms with Crippen LogP contribution in [0.25, 0.3) is 5.57 Å². The van der Waals surface area contributed by atoms with Crippen LogP contribution in [0.15, 0.2) is 24.3 Å². The van der Waals surface area contributed by atoms with Gasteiger partial charge in [-0.15, -0.1) is 0 Å². The number of carbonyl (C=O) groups is 2. The number of rotatable bonds is 2. The second-order valence-corrected chi connectivity index (χ2v) is 5.50. The summed E-state index contributed by atoms with van der Waals surface area (Å²) < 4.78 is 12.0. The van der Waals surface area contributed by atoms with E-state index in [1.807, 2.05) is 31.2 Å². The molecule has 1 unspecified atom stereocenters. The minimum Gasteiger partial charge on any atom is -0.468 e. The van der Waals surface area contributed by atoms with Crippen molar-refractivity contribution in [3.8, 4) is 0 Å². The van der Waals surface area contributed by atoms with E-state index in [1.54, 1.807) is 0 Å². The Morgan fingerprint density at radius 1 is 1.19 bits per heavy atom. The van der Waals surface area contributed by atoms with Crippen molar-refractivity contribution in [1.29, 1.82) is 0 Å². The van der Waals surface area contributed by atoms with E-state index in [2.05, 4.69) is 4.58 Å². The number of methoxy groups -OCH3 is 2. The van der Waals surface area contributed by atoms with Gasteiger partial charge in [0.1, 0.15) is 6.54 Å². The normalized spacial score (nSPS) is 21.8. The first kappa shape index (κ1) is 13.8. The van der Waals surface area contributed by atoms with Crippen molar-refractivity contribution in [3.63, 3.8) is 0 Å². The molecule has 0 bridgehead atoms. The highest BCUT2D eigenvalue weighted by atomic mass is 16.5. The molecule has 21 heavy (non-hydrogen) atoms. The SMILES string of the molecule is COC(=O)C1(C(=O)OC)CC[N+]2=c3ccccc3=C(C)C21. The van der Waals surface area contributed by atoms with E-state index < -0.39 is 17.4 Å². The van der Waals surface area contributed by atoms with Gasteiger partial charge in [-0.1, -0.05) is 12.1 Å². The fourth-order valence-corrected chi connectivity index (χ4v) is 3.77. The summed E-state index contributed by atoms with van der Waals surface area (Å²) in [6, 6.07) is 7.63. The van der Waals surface area contributed by atoms with E-state index in [9.17, 15) is 9.59 Å². The van der Waals surface area contributed by atoms with Crippen LogP contribution in [0.5, 0.6) is 0 Å². The lowest BCUT2D eigenvalue weighted by atomic mass is 9.77. The molecule has 1 aromatic rings. The van der Waals surface area contributed by atoms with Gasteiger partial charge >= 0.3 is 11.9 Å². The zero-order valence-corrected chi connectivity index (χ0v) is 12.4. The topological polar surface area (TPSA) is 55.6 Å². The van der Waals surface area contributed by atoms with Crippen LogP contribution in [0.4, 0.5) is 0 Å². The van der Waals surface area contributed by atoms with Crippen LogP contribution in [-0.4, -0.2) is 38.7 Å². The summed E-state index contributed by atoms with van der Waals surface area (Å²) >= 11 is 0. The second-order valence-electron chi connectivity index (χ2n) is 5.50. The van der Waals surface area contributed by atoms with Crippen LogP contribution < -0.4 is 15.2 Å². The van der Waals surface area contributed by atoms with E-state index in [0.717, 1.165) is 16.1 Å². The maximum atomic E-state index is 12.4. The predicted molar refractivity (Wildman–Crippen MR) is 75.7 cm³/mol. The summed E-state index contributed by atoms with van der Waals surface area (Å²) in [5.41, 5.74) is -0.258. The lowest BCUT2D eigenvalue weighted by Crippen LogP contribution is -2.50. The van der Waals surface area contributed by atoms with Gasteiger partial charge in [0.2, 0.25) is 16.8 Å². The molecular formula is C16H18NO4+. The first-order valence-corrected chi connectivity index (χ1v) is 6.94. The number of hydrogen-bond acceptors (Lipinski definition) is 4. The number of nitrogens with zero attached hydrogens (tertiary/aromatic N) is 1. The van der Waals surface area contributed by atoms with Gasteiger partial charge in [-0.25, -0.2) is 4.58 Å². The van der Waals surface area contributed by atoms with Gasteiger partial charge in [0, 0.05) is 18.1 Å². The molecule has 0 spiro atoms. The van der Waals surface area contributed by atoms with E-state index >= 15 is 0 Å². The van der Waals surface area contributed by atoms with E-state index in [0.29, 0.717) is 13.0 Å². The van der Waals surface area contributed by atoms with Crippen molar-refractivity contribution in [3.05, 3.63) is 34.8 Å². The Hall–Kier alpha value is -2.17. The van der Waals surface area contributed by atoms with Crippen LogP contribution in [0.1, 0.15) is 13.3 Å². The highest BCUT2D eigenvalue weighted by molar-refractivity contribution is 6.03. The molecule has 0 radical (unpaired) electrons. The van der Waals surface area contributed by atoms with E-state index in [-0.39, 0.29) is 6.04 Å². The third kappa shape index (κ3) is 1.60. The van der Waals surface area contributed by atoms with Gasteiger partial charge in [-0.05, 0) is 13.0 Å². The Balaban J connectivity index is 2.28. The molecule has 1 saturated heterocycles. The van der Waals surface area contributed by atoms with Gasteiger partial charge in [0.25, 0.3) is 0 Å². The van der Waals surface area contributed by atoms with Crippen LogP contribution in [0.3, 0.4) is 0 Å². The Kier molecular flexibility index (Phi) is 3.08. The molecule has 3 rings (SSSR count). The molecule has 1 atom stereocenters. The molecule has 1 aromatic carbocycles. The lowest BCUT2D eigenvalue weighted by Gasteiger charge is -2.24. The molecule has 0 saturated carbocycles. The highest BCUT2D eigenvalue weighted by Crippen LogP contribution is 2.40. The van der Waals surface area contributed by atoms with Crippen molar-refractivity contribution in [2.24, 2.45) is 5.41 Å². The molecule has 0 aromatic heterocycles. The number of esters is 2. The largest absolute Gasteiger partial charge is 0.468 e. The van der Waals surface area contributed by atoms with E-state index in [1.165, 1.54) is 14.2 Å². The first-order valence-electron chi connectivity index (χ1n) is 6.94. The van der Waals surface area contributed by atoms with Crippen LogP contribution in [0, 0.1) is 5.41 Å². The fourth-order valence-electron chi connectivity index (χ4n) is 3.77. The minimum atomic E-state index is -1.27. The monoisotopic (exact) mass is 288 g/mol. The molecule has 2 aliphatic rings. The Morgan fingerprint density at radius 3 is 2.43 bits per heavy atom. The van der Waals surface area contributed by atoms with Gasteiger partial charge in [0.15, 0.2) is 0 Å². The molecule has 0 N–H and O–H groups in total. The van der Waals surface area contributed by atoms with Crippen molar-refractivity contribution in [2.75, 3.05) is 20.8 Å². The summed E-state index contributed by atoms with van der Waals surface area (Å²) in [7, 11) is 2.63. The third-order valence-corrected chi connectivity index (χ3v) is 4.67. The maximum absolute atomic E-state index is 12.4. The summed E-state index contributed by atoms with van der Waals surface area (Å²) in [6.07, 6.45) is 0.405. The molecule has 0 amide bonds. The zero-order valence-electron chi connectivity index (χ0n) is 12.4. The maximum Gasteiger partial charge on any atom is 0.330 e. The number of para-hydroxylation sites is 1. The number of ether oxygens (including phenoxy) is 2. The van der Waals surface area contributed by atoms with Gasteiger partial charge in [0.05, 0.1) is 19.4 Å². The third-order valence-electron chi connectivity index (χ3n) is 4.67. The lowest BCUT2D eigenvalue weighted by molar-refractivity contribution is -0.168. The summed E-state index contributed by atoms with van der Waals surface area (Å²) in [4.78, 5) is 24.8. The number of carbonyl (C=O) groups excluding carboxylic acids is 2. The molecule has 1 fully saturated rings. The highest BCUT2D eigenvalue weighted by Gasteiger charge is 2.66. The standard InChI is InChI=1S/C16H18NO4/c1-10-11-6-4-5-7-12(11)17-9-8-16(13(10)17,14(18)20-2)15(19)21-3/h4-7,13H,8-9H2,1-3H3/q+1. The molecule has 2 heterocycles. The van der Waals surface area contributed by atoms with Gasteiger partial charge < -0.3 is 9.47 Å². The van der Waals surface area contributed by atoms with Crippen molar-refractivity contribution in [2.45, 2.75) is 19.4 Å². The molecular weight excluding hydrogens is 270 g/mol. The molecule has 0 aliphatic carbocycles. The van der Waals surface area contributed by atoms with Crippen LogP contribution in [0.2, 0.25) is 0 Å². The minimum absolute atomic E-state index is 0.324. The molecule has 2 aliphatic heterocycles. The van der Waals surface area contributed by atoms with Crippen molar-refractivity contribution in [1.82, 2.24) is 4.58 Å². The molecule has 5 nitrogen and oxygen atoms in total. The number of fused-ring (bicyclic) bond motifs is 2. The fraction of sp³-hybridized carbons (Fsp3) is 0.438. The predicted octanol–water partition coefficient (Wildman–Crippen LogP) is -0.533. The van der Waals surface area contributed by atoms with Crippen molar-refractivity contribution >= 4 is 17.5 Å². The number of hydrogen-bond donors (Lipinski definition) is 0. The smallest absolute Gasteiger partial charge is 0.330 e. The Morgan fingerprint density at radius 2 is 1.81 bits per heavy atom. The molecule has 110 valence electrons. The summed E-state index contributed by atoms with van der Waals surface area (Å²) in [5.74, 6) is -1.04. The Bertz CT molecular complexity index is 734. The average Bonchev–Trinajstić information content (AvgIpc) is 3.05. The number of benzene rings is 1. The zero-order chi connectivity index (χ0) is 15.2. The van der Waals surface area contributed by atoms with E-state index in [4.69, 9.17) is 9.47 Å². The first-order chi connectivity index (χ1) is 10.1. The Labute approximate surface area is 122 Å². The van der Waals surface area contributed by atoms with Crippen molar-refractivity contribution < 1.29 is 19.1 Å². The van der Waals surface area contributed by atoms with Gasteiger partial charge in [-0.2, -0.15) is 0 Å². The quantitative estimate of drug-likeness (QED) is 0.417. The molecule has 5 heteroatoms. The summed E-state index contributed by atoms with van der Waals surface area (Å²) in [6.45, 7) is 2.60. The average molecular weight is 288 g/mol. The van der Waals surface area contributed by atoms with Crippen LogP contribution >= 0.6 is 0 Å². The van der Waals surface area contributed by atoms with Gasteiger partial charge in [-0.3, -0.25) is 9.59 Å².